The zero-order valence-corrected chi connectivity index (χ0v) is 14.4. The fourth-order valence-electron chi connectivity index (χ4n) is 3.44. The molecule has 3 aliphatic rings. The predicted molar refractivity (Wildman–Crippen MR) is 86.7 cm³/mol. The van der Waals surface area contributed by atoms with Crippen molar-refractivity contribution in [2.45, 2.75) is 57.0 Å². The Hall–Kier alpha value is -2.28. The summed E-state index contributed by atoms with van der Waals surface area (Å²) in [4.78, 5) is 24.9. The van der Waals surface area contributed by atoms with Gasteiger partial charge in [0.05, 0.1) is 12.0 Å². The lowest BCUT2D eigenvalue weighted by Crippen LogP contribution is -2.48. The normalized spacial score (nSPS) is 29.8. The van der Waals surface area contributed by atoms with E-state index in [0.29, 0.717) is 17.9 Å². The Kier molecular flexibility index (Phi) is 3.64. The summed E-state index contributed by atoms with van der Waals surface area (Å²) in [7, 11) is 0. The van der Waals surface area contributed by atoms with Gasteiger partial charge in [-0.15, -0.1) is 0 Å². The van der Waals surface area contributed by atoms with Gasteiger partial charge in [0.2, 0.25) is 6.79 Å². The van der Waals surface area contributed by atoms with Crippen molar-refractivity contribution < 1.29 is 28.5 Å². The van der Waals surface area contributed by atoms with E-state index in [1.54, 1.807) is 32.9 Å². The minimum atomic E-state index is -0.602. The van der Waals surface area contributed by atoms with Gasteiger partial charge in [0.1, 0.15) is 11.7 Å². The van der Waals surface area contributed by atoms with Crippen molar-refractivity contribution in [1.29, 1.82) is 0 Å². The number of benzene rings is 1. The summed E-state index contributed by atoms with van der Waals surface area (Å²) in [6.07, 6.45) is -0.436. The number of rotatable bonds is 2. The number of nitrogens with one attached hydrogen (secondary N) is 1. The van der Waals surface area contributed by atoms with Crippen LogP contribution in [0.1, 0.15) is 38.7 Å². The molecule has 1 aromatic rings. The van der Waals surface area contributed by atoms with E-state index in [1.807, 2.05) is 6.07 Å². The smallest absolute Gasteiger partial charge is 0.407 e. The number of amides is 1. The molecule has 1 amide bonds. The summed E-state index contributed by atoms with van der Waals surface area (Å²) in [6.45, 7) is 5.57. The van der Waals surface area contributed by atoms with E-state index in [1.165, 1.54) is 0 Å². The predicted octanol–water partition coefficient (Wildman–Crippen LogP) is 2.13. The highest BCUT2D eigenvalue weighted by Gasteiger charge is 2.55. The minimum Gasteiger partial charge on any atom is -0.454 e. The molecule has 134 valence electrons. The van der Waals surface area contributed by atoms with Gasteiger partial charge < -0.3 is 24.3 Å². The summed E-state index contributed by atoms with van der Waals surface area (Å²) in [6, 6.07) is 5.04. The van der Waals surface area contributed by atoms with Gasteiger partial charge in [0.25, 0.3) is 0 Å². The van der Waals surface area contributed by atoms with Crippen molar-refractivity contribution in [2.24, 2.45) is 0 Å². The number of epoxide rings is 1. The number of carbonyl (C=O) groups is 2. The molecule has 2 heterocycles. The standard InChI is InChI=1S/C18H21NO6/c1-18(2,3)25-17(21)19-10-7-13-16(24-13)15(20)14(10)9-4-5-11-12(6-9)23-8-22-11/h4-6,10,13-14,16H,7-8H2,1-3H3,(H,19,21)/t10-,13+,14+,16+/m0/s1. The SMILES string of the molecule is CC(C)(C)OC(=O)N[C@H]1C[C@H]2O[C@H]2C(=O)[C@@H]1c1ccc2c(c1)OCO2. The molecule has 0 unspecified atom stereocenters. The first kappa shape index (κ1) is 16.2. The number of hydrogen-bond donors (Lipinski definition) is 1. The van der Waals surface area contributed by atoms with E-state index in [0.717, 1.165) is 5.56 Å². The first-order valence-electron chi connectivity index (χ1n) is 8.40. The monoisotopic (exact) mass is 347 g/mol. The number of fused-ring (bicyclic) bond motifs is 2. The zero-order chi connectivity index (χ0) is 17.8. The van der Waals surface area contributed by atoms with Crippen molar-refractivity contribution in [3.8, 4) is 11.5 Å². The number of carbonyl (C=O) groups excluding carboxylic acids is 2. The van der Waals surface area contributed by atoms with Crippen LogP contribution in [0.25, 0.3) is 0 Å². The Labute approximate surface area is 145 Å². The average molecular weight is 347 g/mol. The third-order valence-corrected chi connectivity index (χ3v) is 4.52. The maximum atomic E-state index is 12.8. The molecule has 0 bridgehead atoms. The summed E-state index contributed by atoms with van der Waals surface area (Å²) in [5.41, 5.74) is 0.180. The first-order valence-corrected chi connectivity index (χ1v) is 8.40. The Morgan fingerprint density at radius 1 is 1.24 bits per heavy atom. The molecule has 0 spiro atoms. The van der Waals surface area contributed by atoms with Crippen molar-refractivity contribution in [3.05, 3.63) is 23.8 Å². The second kappa shape index (κ2) is 5.62. The summed E-state index contributed by atoms with van der Waals surface area (Å²) >= 11 is 0. The highest BCUT2D eigenvalue weighted by Crippen LogP contribution is 2.43. The molecule has 1 aliphatic carbocycles. The van der Waals surface area contributed by atoms with E-state index in [-0.39, 0.29) is 30.8 Å². The van der Waals surface area contributed by atoms with Gasteiger partial charge in [-0.1, -0.05) is 6.07 Å². The molecule has 25 heavy (non-hydrogen) atoms. The van der Waals surface area contributed by atoms with E-state index in [4.69, 9.17) is 18.9 Å². The topological polar surface area (TPSA) is 86.4 Å². The molecule has 1 N–H and O–H groups in total. The summed E-state index contributed by atoms with van der Waals surface area (Å²) < 4.78 is 21.5. The van der Waals surface area contributed by atoms with Crippen molar-refractivity contribution in [2.75, 3.05) is 6.79 Å². The summed E-state index contributed by atoms with van der Waals surface area (Å²) in [5, 5.41) is 2.85. The van der Waals surface area contributed by atoms with Crippen molar-refractivity contribution in [1.82, 2.24) is 5.32 Å². The second-order valence-electron chi connectivity index (χ2n) is 7.58. The molecular weight excluding hydrogens is 326 g/mol. The van der Waals surface area contributed by atoms with Gasteiger partial charge in [-0.05, 0) is 44.9 Å². The molecule has 2 aliphatic heterocycles. The first-order chi connectivity index (χ1) is 11.8. The van der Waals surface area contributed by atoms with Crippen LogP contribution in [0.3, 0.4) is 0 Å². The van der Waals surface area contributed by atoms with Crippen LogP contribution in [0.4, 0.5) is 4.79 Å². The molecule has 1 aromatic carbocycles. The van der Waals surface area contributed by atoms with Gasteiger partial charge in [0.15, 0.2) is 17.3 Å². The Morgan fingerprint density at radius 2 is 2.00 bits per heavy atom. The number of hydrogen-bond acceptors (Lipinski definition) is 6. The molecule has 1 saturated heterocycles. The third-order valence-electron chi connectivity index (χ3n) is 4.52. The zero-order valence-electron chi connectivity index (χ0n) is 14.4. The Bertz CT molecular complexity index is 725. The molecule has 4 rings (SSSR count). The molecule has 7 nitrogen and oxygen atoms in total. The fraction of sp³-hybridized carbons (Fsp3) is 0.556. The molecule has 4 atom stereocenters. The molecule has 2 fully saturated rings. The van der Waals surface area contributed by atoms with Crippen LogP contribution in [0.5, 0.6) is 11.5 Å². The third kappa shape index (κ3) is 3.16. The Balaban J connectivity index is 1.58. The van der Waals surface area contributed by atoms with Crippen LogP contribution in [0.2, 0.25) is 0 Å². The maximum Gasteiger partial charge on any atom is 0.407 e. The van der Waals surface area contributed by atoms with Gasteiger partial charge in [0, 0.05) is 6.04 Å². The van der Waals surface area contributed by atoms with E-state index >= 15 is 0 Å². The molecule has 0 aromatic heterocycles. The minimum absolute atomic E-state index is 0.0174. The largest absolute Gasteiger partial charge is 0.454 e. The van der Waals surface area contributed by atoms with Gasteiger partial charge in [-0.3, -0.25) is 4.79 Å². The lowest BCUT2D eigenvalue weighted by molar-refractivity contribution is -0.122. The van der Waals surface area contributed by atoms with Crippen LogP contribution < -0.4 is 14.8 Å². The average Bonchev–Trinajstić information content (AvgIpc) is 3.13. The van der Waals surface area contributed by atoms with Crippen LogP contribution in [-0.2, 0) is 14.3 Å². The van der Waals surface area contributed by atoms with Crippen LogP contribution in [0, 0.1) is 0 Å². The number of ether oxygens (including phenoxy) is 4. The lowest BCUT2D eigenvalue weighted by Gasteiger charge is -2.30. The van der Waals surface area contributed by atoms with Crippen LogP contribution in [-0.4, -0.2) is 42.5 Å². The van der Waals surface area contributed by atoms with E-state index in [2.05, 4.69) is 5.32 Å². The van der Waals surface area contributed by atoms with Gasteiger partial charge >= 0.3 is 6.09 Å². The van der Waals surface area contributed by atoms with E-state index < -0.39 is 17.6 Å². The van der Waals surface area contributed by atoms with Crippen molar-refractivity contribution >= 4 is 11.9 Å². The van der Waals surface area contributed by atoms with Crippen molar-refractivity contribution in [3.63, 3.8) is 0 Å². The van der Waals surface area contributed by atoms with Gasteiger partial charge in [-0.2, -0.15) is 0 Å². The molecule has 7 heteroatoms. The lowest BCUT2D eigenvalue weighted by atomic mass is 9.79. The quantitative estimate of drug-likeness (QED) is 0.825. The molecule has 0 radical (unpaired) electrons. The Morgan fingerprint density at radius 3 is 2.76 bits per heavy atom. The number of ketones is 1. The number of alkyl carbamates (subject to hydrolysis) is 1. The second-order valence-corrected chi connectivity index (χ2v) is 7.58. The highest BCUT2D eigenvalue weighted by atomic mass is 16.7. The van der Waals surface area contributed by atoms with Crippen LogP contribution >= 0.6 is 0 Å². The fourth-order valence-corrected chi connectivity index (χ4v) is 3.44. The molecular formula is C18H21NO6. The maximum absolute atomic E-state index is 12.8. The van der Waals surface area contributed by atoms with E-state index in [9.17, 15) is 9.59 Å². The summed E-state index contributed by atoms with van der Waals surface area (Å²) in [5.74, 6) is 0.756. The molecule has 1 saturated carbocycles. The van der Waals surface area contributed by atoms with Gasteiger partial charge in [-0.25, -0.2) is 4.79 Å². The number of Topliss-reactive ketones (excluding diaryl/α,β-unsaturated/α-hetero) is 1. The highest BCUT2D eigenvalue weighted by molar-refractivity contribution is 5.94. The van der Waals surface area contributed by atoms with Crippen LogP contribution in [0.15, 0.2) is 18.2 Å².